The van der Waals surface area contributed by atoms with E-state index >= 15 is 0 Å². The number of allylic oxidation sites excluding steroid dienone is 1. The van der Waals surface area contributed by atoms with Crippen LogP contribution in [0.3, 0.4) is 0 Å². The van der Waals surface area contributed by atoms with Crippen molar-refractivity contribution in [2.45, 2.75) is 13.8 Å². The Morgan fingerprint density at radius 1 is 1.44 bits per heavy atom. The van der Waals surface area contributed by atoms with Crippen molar-refractivity contribution in [2.24, 2.45) is 0 Å². The highest BCUT2D eigenvalue weighted by molar-refractivity contribution is 5.86. The molecule has 0 unspecified atom stereocenters. The molecule has 86 valence electrons. The number of esters is 1. The first-order valence-electron chi connectivity index (χ1n) is 4.77. The third-order valence-corrected chi connectivity index (χ3v) is 2.01. The molecule has 4 heteroatoms. The van der Waals surface area contributed by atoms with E-state index in [1.165, 1.54) is 31.4 Å². The van der Waals surface area contributed by atoms with Gasteiger partial charge in [-0.1, -0.05) is 0 Å². The first kappa shape index (κ1) is 12.2. The molecular weight excluding hydrogens is 211 g/mol. The molecule has 0 spiro atoms. The molecule has 0 saturated heterocycles. The van der Waals surface area contributed by atoms with Crippen LogP contribution in [0.2, 0.25) is 0 Å². The summed E-state index contributed by atoms with van der Waals surface area (Å²) in [5, 5.41) is 0. The highest BCUT2D eigenvalue weighted by Crippen LogP contribution is 2.21. The van der Waals surface area contributed by atoms with E-state index in [0.29, 0.717) is 11.3 Å². The van der Waals surface area contributed by atoms with Crippen LogP contribution in [-0.4, -0.2) is 13.1 Å². The summed E-state index contributed by atoms with van der Waals surface area (Å²) in [5.41, 5.74) is 0.614. The second-order valence-corrected chi connectivity index (χ2v) is 3.16. The van der Waals surface area contributed by atoms with E-state index < -0.39 is 5.97 Å². The van der Waals surface area contributed by atoms with Crippen LogP contribution >= 0.6 is 0 Å². The van der Waals surface area contributed by atoms with Gasteiger partial charge in [0, 0.05) is 0 Å². The number of hydrogen-bond acceptors (Lipinski definition) is 3. The van der Waals surface area contributed by atoms with Gasteiger partial charge in [-0.3, -0.25) is 0 Å². The molecule has 0 fully saturated rings. The standard InChI is InChI=1S/C12H13FO3/c1-4-10(12(14)15-3)16-11-6-5-9(13)7-8(11)2/h4-7H,1-3H3/b10-4-. The molecule has 0 bridgehead atoms. The Balaban J connectivity index is 2.91. The van der Waals surface area contributed by atoms with Gasteiger partial charge in [0.25, 0.3) is 0 Å². The average molecular weight is 224 g/mol. The number of hydrogen-bond donors (Lipinski definition) is 0. The zero-order valence-corrected chi connectivity index (χ0v) is 9.41. The van der Waals surface area contributed by atoms with E-state index in [9.17, 15) is 9.18 Å². The summed E-state index contributed by atoms with van der Waals surface area (Å²) in [6.07, 6.45) is 1.49. The Kier molecular flexibility index (Phi) is 4.05. The summed E-state index contributed by atoms with van der Waals surface area (Å²) in [6.45, 7) is 3.36. The number of methoxy groups -OCH3 is 1. The van der Waals surface area contributed by atoms with Gasteiger partial charge in [-0.25, -0.2) is 9.18 Å². The van der Waals surface area contributed by atoms with E-state index in [4.69, 9.17) is 4.74 Å². The lowest BCUT2D eigenvalue weighted by Gasteiger charge is -2.09. The SMILES string of the molecule is C/C=C(\Oc1ccc(F)cc1C)C(=O)OC. The molecule has 1 rings (SSSR count). The molecule has 1 aromatic rings. The first-order valence-corrected chi connectivity index (χ1v) is 4.77. The van der Waals surface area contributed by atoms with Crippen LogP contribution in [0.5, 0.6) is 5.75 Å². The smallest absolute Gasteiger partial charge is 0.373 e. The first-order chi connectivity index (χ1) is 7.58. The molecule has 16 heavy (non-hydrogen) atoms. The van der Waals surface area contributed by atoms with Crippen LogP contribution in [0.15, 0.2) is 30.0 Å². The minimum absolute atomic E-state index is 0.0807. The van der Waals surface area contributed by atoms with E-state index in [0.717, 1.165) is 0 Å². The maximum Gasteiger partial charge on any atom is 0.373 e. The number of benzene rings is 1. The van der Waals surface area contributed by atoms with Crippen molar-refractivity contribution in [3.05, 3.63) is 41.4 Å². The quantitative estimate of drug-likeness (QED) is 0.449. The van der Waals surface area contributed by atoms with Crippen LogP contribution < -0.4 is 4.74 Å². The van der Waals surface area contributed by atoms with Gasteiger partial charge in [0.15, 0.2) is 0 Å². The lowest BCUT2D eigenvalue weighted by Crippen LogP contribution is -2.10. The monoisotopic (exact) mass is 224 g/mol. The second-order valence-electron chi connectivity index (χ2n) is 3.16. The average Bonchev–Trinajstić information content (AvgIpc) is 2.27. The topological polar surface area (TPSA) is 35.5 Å². The van der Waals surface area contributed by atoms with Gasteiger partial charge in [-0.05, 0) is 43.7 Å². The summed E-state index contributed by atoms with van der Waals surface area (Å²) < 4.78 is 22.7. The van der Waals surface area contributed by atoms with Crippen LogP contribution in [0.1, 0.15) is 12.5 Å². The number of carbonyl (C=O) groups is 1. The Morgan fingerprint density at radius 2 is 2.12 bits per heavy atom. The van der Waals surface area contributed by atoms with Gasteiger partial charge in [-0.15, -0.1) is 0 Å². The molecule has 0 N–H and O–H groups in total. The summed E-state index contributed by atoms with van der Waals surface area (Å²) >= 11 is 0. The van der Waals surface area contributed by atoms with Gasteiger partial charge in [0.2, 0.25) is 5.76 Å². The number of rotatable bonds is 3. The van der Waals surface area contributed by atoms with Gasteiger partial charge in [0.05, 0.1) is 7.11 Å². The van der Waals surface area contributed by atoms with Crippen LogP contribution in [0.25, 0.3) is 0 Å². The minimum atomic E-state index is -0.564. The van der Waals surface area contributed by atoms with Crippen molar-refractivity contribution in [3.8, 4) is 5.75 Å². The number of ether oxygens (including phenoxy) is 2. The molecule has 0 aliphatic carbocycles. The molecule has 0 heterocycles. The van der Waals surface area contributed by atoms with Crippen molar-refractivity contribution < 1.29 is 18.7 Å². The van der Waals surface area contributed by atoms with Crippen LogP contribution in [-0.2, 0) is 9.53 Å². The van der Waals surface area contributed by atoms with E-state index in [-0.39, 0.29) is 11.6 Å². The third-order valence-electron chi connectivity index (χ3n) is 2.01. The highest BCUT2D eigenvalue weighted by atomic mass is 19.1. The Labute approximate surface area is 93.5 Å². The summed E-state index contributed by atoms with van der Waals surface area (Å²) in [4.78, 5) is 11.2. The van der Waals surface area contributed by atoms with Crippen LogP contribution in [0.4, 0.5) is 4.39 Å². The molecule has 0 aliphatic rings. The minimum Gasteiger partial charge on any atom is -0.463 e. The fourth-order valence-electron chi connectivity index (χ4n) is 1.16. The lowest BCUT2D eigenvalue weighted by molar-refractivity contribution is -0.138. The van der Waals surface area contributed by atoms with Crippen LogP contribution in [0, 0.1) is 12.7 Å². The van der Waals surface area contributed by atoms with Crippen molar-refractivity contribution in [1.82, 2.24) is 0 Å². The predicted molar refractivity (Wildman–Crippen MR) is 57.5 cm³/mol. The molecule has 0 saturated carbocycles. The molecule has 0 amide bonds. The van der Waals surface area contributed by atoms with Gasteiger partial charge in [-0.2, -0.15) is 0 Å². The van der Waals surface area contributed by atoms with E-state index in [1.54, 1.807) is 13.8 Å². The maximum atomic E-state index is 12.8. The molecular formula is C12H13FO3. The third kappa shape index (κ3) is 2.82. The molecule has 0 atom stereocenters. The molecule has 0 radical (unpaired) electrons. The molecule has 0 aromatic heterocycles. The Hall–Kier alpha value is -1.84. The number of aryl methyl sites for hydroxylation is 1. The molecule has 0 aliphatic heterocycles. The maximum absolute atomic E-state index is 12.8. The second kappa shape index (κ2) is 5.30. The highest BCUT2D eigenvalue weighted by Gasteiger charge is 2.12. The Bertz CT molecular complexity index is 424. The van der Waals surface area contributed by atoms with Gasteiger partial charge >= 0.3 is 5.97 Å². The summed E-state index contributed by atoms with van der Waals surface area (Å²) in [6, 6.07) is 4.07. The predicted octanol–water partition coefficient (Wildman–Crippen LogP) is 2.59. The fourth-order valence-corrected chi connectivity index (χ4v) is 1.16. The van der Waals surface area contributed by atoms with Crippen molar-refractivity contribution in [2.75, 3.05) is 7.11 Å². The van der Waals surface area contributed by atoms with Gasteiger partial charge in [0.1, 0.15) is 11.6 Å². The molecule has 3 nitrogen and oxygen atoms in total. The zero-order chi connectivity index (χ0) is 12.1. The van der Waals surface area contributed by atoms with Crippen molar-refractivity contribution in [3.63, 3.8) is 0 Å². The van der Waals surface area contributed by atoms with Crippen molar-refractivity contribution in [1.29, 1.82) is 0 Å². The summed E-state index contributed by atoms with van der Waals surface area (Å²) in [7, 11) is 1.27. The van der Waals surface area contributed by atoms with Gasteiger partial charge < -0.3 is 9.47 Å². The largest absolute Gasteiger partial charge is 0.463 e. The summed E-state index contributed by atoms with van der Waals surface area (Å²) in [5.74, 6) is -0.395. The van der Waals surface area contributed by atoms with Crippen molar-refractivity contribution >= 4 is 5.97 Å². The number of halogens is 1. The lowest BCUT2D eigenvalue weighted by atomic mass is 10.2. The van der Waals surface area contributed by atoms with E-state index in [1.807, 2.05) is 0 Å². The fraction of sp³-hybridized carbons (Fsp3) is 0.250. The number of carbonyl (C=O) groups excluding carboxylic acids is 1. The zero-order valence-electron chi connectivity index (χ0n) is 9.41. The Morgan fingerprint density at radius 3 is 2.62 bits per heavy atom. The van der Waals surface area contributed by atoms with E-state index in [2.05, 4.69) is 4.74 Å². The normalized spacial score (nSPS) is 11.1. The molecule has 1 aromatic carbocycles.